The van der Waals surface area contributed by atoms with Gasteiger partial charge < -0.3 is 10.4 Å². The summed E-state index contributed by atoms with van der Waals surface area (Å²) >= 11 is 0. The van der Waals surface area contributed by atoms with Crippen LogP contribution in [-0.2, 0) is 4.79 Å². The largest absolute Gasteiger partial charge is 0.386 e. The lowest BCUT2D eigenvalue weighted by molar-refractivity contribution is -0.126. The zero-order chi connectivity index (χ0) is 14.5. The molecule has 3 unspecified atom stereocenters. The highest BCUT2D eigenvalue weighted by Gasteiger charge is 2.25. The molecule has 2 rings (SSSR count). The van der Waals surface area contributed by atoms with Gasteiger partial charge >= 0.3 is 0 Å². The minimum atomic E-state index is -0.999. The number of carbonyl (C=O) groups is 1. The molecule has 0 spiro atoms. The Hall–Kier alpha value is -1.42. The van der Waals surface area contributed by atoms with E-state index in [0.29, 0.717) is 5.92 Å². The first kappa shape index (κ1) is 15.0. The zero-order valence-electron chi connectivity index (χ0n) is 11.8. The van der Waals surface area contributed by atoms with Gasteiger partial charge in [0.1, 0.15) is 5.82 Å². The van der Waals surface area contributed by atoms with Crippen LogP contribution in [0.1, 0.15) is 44.3 Å². The summed E-state index contributed by atoms with van der Waals surface area (Å²) in [4.78, 5) is 12.0. The highest BCUT2D eigenvalue weighted by atomic mass is 19.1. The first-order chi connectivity index (χ1) is 9.58. The number of benzene rings is 1. The summed E-state index contributed by atoms with van der Waals surface area (Å²) in [6, 6.07) is 6.10. The minimum absolute atomic E-state index is 0.0214. The molecule has 4 heteroatoms. The highest BCUT2D eigenvalue weighted by molar-refractivity contribution is 5.78. The van der Waals surface area contributed by atoms with Gasteiger partial charge in [-0.05, 0) is 24.8 Å². The number of nitrogens with one attached hydrogen (secondary N) is 1. The van der Waals surface area contributed by atoms with Crippen LogP contribution in [0.15, 0.2) is 24.3 Å². The maximum atomic E-state index is 13.5. The van der Waals surface area contributed by atoms with E-state index in [1.165, 1.54) is 18.6 Å². The summed E-state index contributed by atoms with van der Waals surface area (Å²) in [7, 11) is 0. The molecule has 0 bridgehead atoms. The molecule has 3 nitrogen and oxygen atoms in total. The Morgan fingerprint density at radius 3 is 2.90 bits per heavy atom. The smallest absolute Gasteiger partial charge is 0.223 e. The van der Waals surface area contributed by atoms with Crippen LogP contribution in [0.5, 0.6) is 0 Å². The molecule has 0 aliphatic heterocycles. The molecule has 1 saturated carbocycles. The third kappa shape index (κ3) is 3.79. The van der Waals surface area contributed by atoms with Crippen molar-refractivity contribution in [3.05, 3.63) is 35.6 Å². The second kappa shape index (κ2) is 6.84. The number of amides is 1. The molecule has 1 aliphatic rings. The predicted octanol–water partition coefficient (Wildman–Crippen LogP) is 2.80. The summed E-state index contributed by atoms with van der Waals surface area (Å²) in [6.07, 6.45) is 3.07. The normalized spacial score (nSPS) is 24.1. The molecule has 2 N–H and O–H groups in total. The van der Waals surface area contributed by atoms with Crippen molar-refractivity contribution >= 4 is 5.91 Å². The van der Waals surface area contributed by atoms with Gasteiger partial charge in [-0.15, -0.1) is 0 Å². The first-order valence-electron chi connectivity index (χ1n) is 7.28. The van der Waals surface area contributed by atoms with Crippen molar-refractivity contribution < 1.29 is 14.3 Å². The Balaban J connectivity index is 1.85. The average Bonchev–Trinajstić information content (AvgIpc) is 2.45. The minimum Gasteiger partial charge on any atom is -0.386 e. The van der Waals surface area contributed by atoms with Crippen LogP contribution in [0.4, 0.5) is 4.39 Å². The molecule has 1 aliphatic carbocycles. The fourth-order valence-electron chi connectivity index (χ4n) is 2.87. The van der Waals surface area contributed by atoms with E-state index < -0.39 is 11.9 Å². The van der Waals surface area contributed by atoms with Gasteiger partial charge in [0.15, 0.2) is 0 Å². The van der Waals surface area contributed by atoms with E-state index in [4.69, 9.17) is 0 Å². The van der Waals surface area contributed by atoms with Crippen molar-refractivity contribution in [1.29, 1.82) is 0 Å². The molecule has 0 aromatic heterocycles. The van der Waals surface area contributed by atoms with Crippen molar-refractivity contribution in [1.82, 2.24) is 5.32 Å². The topological polar surface area (TPSA) is 49.3 Å². The van der Waals surface area contributed by atoms with Crippen LogP contribution in [0.3, 0.4) is 0 Å². The van der Waals surface area contributed by atoms with Gasteiger partial charge in [0.25, 0.3) is 0 Å². The molecule has 20 heavy (non-hydrogen) atoms. The number of carbonyl (C=O) groups excluding carboxylic acids is 1. The molecule has 1 amide bonds. The standard InChI is InChI=1S/C16H22FNO2/c1-11-5-4-6-12(9-11)16(20)18-10-15(19)13-7-2-3-8-14(13)17/h2-3,7-8,11-12,15,19H,4-6,9-10H2,1H3,(H,18,20). The highest BCUT2D eigenvalue weighted by Crippen LogP contribution is 2.28. The predicted molar refractivity (Wildman–Crippen MR) is 75.5 cm³/mol. The summed E-state index contributed by atoms with van der Waals surface area (Å²) in [6.45, 7) is 2.22. The van der Waals surface area contributed by atoms with Crippen LogP contribution in [0, 0.1) is 17.7 Å². The Morgan fingerprint density at radius 2 is 2.20 bits per heavy atom. The Kier molecular flexibility index (Phi) is 5.12. The molecular formula is C16H22FNO2. The van der Waals surface area contributed by atoms with E-state index >= 15 is 0 Å². The summed E-state index contributed by atoms with van der Waals surface area (Å²) in [5, 5.41) is 12.7. The van der Waals surface area contributed by atoms with Gasteiger partial charge in [0.2, 0.25) is 5.91 Å². The third-order valence-electron chi connectivity index (χ3n) is 4.04. The van der Waals surface area contributed by atoms with Crippen LogP contribution in [0.2, 0.25) is 0 Å². The quantitative estimate of drug-likeness (QED) is 0.890. The summed E-state index contributed by atoms with van der Waals surface area (Å²) < 4.78 is 13.5. The van der Waals surface area contributed by atoms with Crippen LogP contribution >= 0.6 is 0 Å². The van der Waals surface area contributed by atoms with Crippen LogP contribution in [0.25, 0.3) is 0 Å². The van der Waals surface area contributed by atoms with Crippen LogP contribution in [-0.4, -0.2) is 17.6 Å². The molecule has 1 aromatic rings. The lowest BCUT2D eigenvalue weighted by atomic mass is 9.82. The summed E-state index contributed by atoms with van der Waals surface area (Å²) in [5.41, 5.74) is 0.227. The van der Waals surface area contributed by atoms with Crippen LogP contribution < -0.4 is 5.32 Å². The number of hydrogen-bond donors (Lipinski definition) is 2. The van der Waals surface area contributed by atoms with E-state index in [-0.39, 0.29) is 23.9 Å². The molecule has 1 aromatic carbocycles. The van der Waals surface area contributed by atoms with E-state index in [1.807, 2.05) is 0 Å². The number of aliphatic hydroxyl groups excluding tert-OH is 1. The number of rotatable bonds is 4. The van der Waals surface area contributed by atoms with Gasteiger partial charge in [-0.3, -0.25) is 4.79 Å². The van der Waals surface area contributed by atoms with Crippen molar-refractivity contribution in [2.75, 3.05) is 6.54 Å². The molecule has 0 saturated heterocycles. The molecule has 110 valence electrons. The molecular weight excluding hydrogens is 257 g/mol. The number of aliphatic hydroxyl groups is 1. The molecule has 3 atom stereocenters. The summed E-state index contributed by atoms with van der Waals surface area (Å²) in [5.74, 6) is 0.148. The Morgan fingerprint density at radius 1 is 1.45 bits per heavy atom. The Bertz CT molecular complexity index is 464. The van der Waals surface area contributed by atoms with E-state index in [0.717, 1.165) is 19.3 Å². The van der Waals surface area contributed by atoms with Gasteiger partial charge in [0, 0.05) is 18.0 Å². The van der Waals surface area contributed by atoms with Gasteiger partial charge in [0.05, 0.1) is 6.10 Å². The Labute approximate surface area is 119 Å². The van der Waals surface area contributed by atoms with E-state index in [2.05, 4.69) is 12.2 Å². The molecule has 0 heterocycles. The molecule has 1 fully saturated rings. The average molecular weight is 279 g/mol. The van der Waals surface area contributed by atoms with Crippen molar-refractivity contribution in [3.63, 3.8) is 0 Å². The van der Waals surface area contributed by atoms with Gasteiger partial charge in [-0.25, -0.2) is 4.39 Å². The fraction of sp³-hybridized carbons (Fsp3) is 0.562. The maximum Gasteiger partial charge on any atom is 0.223 e. The van der Waals surface area contributed by atoms with Crippen molar-refractivity contribution in [2.24, 2.45) is 11.8 Å². The fourth-order valence-corrected chi connectivity index (χ4v) is 2.87. The second-order valence-corrected chi connectivity index (χ2v) is 5.75. The monoisotopic (exact) mass is 279 g/mol. The zero-order valence-corrected chi connectivity index (χ0v) is 11.8. The first-order valence-corrected chi connectivity index (χ1v) is 7.28. The van der Waals surface area contributed by atoms with E-state index in [1.54, 1.807) is 12.1 Å². The van der Waals surface area contributed by atoms with Gasteiger partial charge in [-0.2, -0.15) is 0 Å². The number of halogens is 1. The third-order valence-corrected chi connectivity index (χ3v) is 4.04. The van der Waals surface area contributed by atoms with Crippen molar-refractivity contribution in [2.45, 2.75) is 38.7 Å². The SMILES string of the molecule is CC1CCCC(C(=O)NCC(O)c2ccccc2F)C1. The lowest BCUT2D eigenvalue weighted by Gasteiger charge is -2.26. The van der Waals surface area contributed by atoms with Crippen molar-refractivity contribution in [3.8, 4) is 0 Å². The van der Waals surface area contributed by atoms with E-state index in [9.17, 15) is 14.3 Å². The van der Waals surface area contributed by atoms with Gasteiger partial charge in [-0.1, -0.05) is 38.0 Å². The maximum absolute atomic E-state index is 13.5. The molecule has 0 radical (unpaired) electrons. The second-order valence-electron chi connectivity index (χ2n) is 5.75. The lowest BCUT2D eigenvalue weighted by Crippen LogP contribution is -2.36. The number of hydrogen-bond acceptors (Lipinski definition) is 2.